The van der Waals surface area contributed by atoms with Crippen LogP contribution in [0.3, 0.4) is 0 Å². The molecule has 1 aromatic rings. The Hall–Kier alpha value is -1.40. The summed E-state index contributed by atoms with van der Waals surface area (Å²) >= 11 is 0. The number of nitrogens with one attached hydrogen (secondary N) is 1. The van der Waals surface area contributed by atoms with E-state index in [1.807, 2.05) is 0 Å². The molecule has 0 aliphatic rings. The molecule has 14 heavy (non-hydrogen) atoms. The molecule has 0 radical (unpaired) electrons. The molecule has 1 amide bonds. The van der Waals surface area contributed by atoms with Gasteiger partial charge in [0.25, 0.3) is 10.1 Å². The number of anilines is 1. The van der Waals surface area contributed by atoms with E-state index in [-0.39, 0.29) is 10.8 Å². The zero-order valence-corrected chi connectivity index (χ0v) is 8.21. The Morgan fingerprint density at radius 1 is 1.43 bits per heavy atom. The van der Waals surface area contributed by atoms with Crippen molar-refractivity contribution in [1.82, 2.24) is 0 Å². The van der Waals surface area contributed by atoms with Crippen LogP contribution in [0.25, 0.3) is 0 Å². The number of rotatable bonds is 2. The summed E-state index contributed by atoms with van der Waals surface area (Å²) in [5, 5.41) is 2.40. The first-order valence-electron chi connectivity index (χ1n) is 3.75. The summed E-state index contributed by atoms with van der Waals surface area (Å²) in [6, 6.07) is 5.36. The van der Waals surface area contributed by atoms with Gasteiger partial charge < -0.3 is 5.32 Å². The molecule has 0 fully saturated rings. The molecule has 0 saturated heterocycles. The molecule has 2 N–H and O–H groups in total. The monoisotopic (exact) mass is 215 g/mol. The van der Waals surface area contributed by atoms with Gasteiger partial charge in [-0.1, -0.05) is 6.07 Å². The van der Waals surface area contributed by atoms with E-state index in [9.17, 15) is 13.2 Å². The normalized spacial score (nSPS) is 11.0. The van der Waals surface area contributed by atoms with Crippen molar-refractivity contribution in [2.75, 3.05) is 5.32 Å². The van der Waals surface area contributed by atoms with Gasteiger partial charge in [-0.3, -0.25) is 9.35 Å². The third-order valence-corrected chi connectivity index (χ3v) is 2.30. The van der Waals surface area contributed by atoms with Crippen molar-refractivity contribution in [3.05, 3.63) is 24.3 Å². The molecule has 0 spiro atoms. The van der Waals surface area contributed by atoms with Crippen LogP contribution in [0.5, 0.6) is 0 Å². The van der Waals surface area contributed by atoms with E-state index in [4.69, 9.17) is 4.55 Å². The minimum Gasteiger partial charge on any atom is -0.326 e. The molecule has 0 heterocycles. The van der Waals surface area contributed by atoms with Crippen molar-refractivity contribution < 1.29 is 17.8 Å². The van der Waals surface area contributed by atoms with Gasteiger partial charge in [0.15, 0.2) is 0 Å². The summed E-state index contributed by atoms with van der Waals surface area (Å²) in [6.45, 7) is 1.31. The fraction of sp³-hybridized carbons (Fsp3) is 0.125. The highest BCUT2D eigenvalue weighted by molar-refractivity contribution is 7.85. The van der Waals surface area contributed by atoms with Crippen LogP contribution in [0, 0.1) is 0 Å². The minimum atomic E-state index is -4.21. The molecule has 1 rings (SSSR count). The molecule has 0 aliphatic carbocycles. The summed E-state index contributed by atoms with van der Waals surface area (Å²) in [6.07, 6.45) is 0. The maximum atomic E-state index is 10.7. The Bertz CT molecular complexity index is 452. The van der Waals surface area contributed by atoms with Gasteiger partial charge in [-0.15, -0.1) is 0 Å². The van der Waals surface area contributed by atoms with Crippen LogP contribution in [0.1, 0.15) is 6.92 Å². The average molecular weight is 215 g/mol. The summed E-state index contributed by atoms with van der Waals surface area (Å²) in [5.74, 6) is -0.308. The molecule has 6 heteroatoms. The quantitative estimate of drug-likeness (QED) is 0.718. The smallest absolute Gasteiger partial charge is 0.294 e. The summed E-state index contributed by atoms with van der Waals surface area (Å²) in [5.41, 5.74) is 0.327. The summed E-state index contributed by atoms with van der Waals surface area (Å²) < 4.78 is 30.1. The summed E-state index contributed by atoms with van der Waals surface area (Å²) in [4.78, 5) is 10.4. The zero-order chi connectivity index (χ0) is 10.8. The maximum Gasteiger partial charge on any atom is 0.294 e. The lowest BCUT2D eigenvalue weighted by molar-refractivity contribution is -0.114. The van der Waals surface area contributed by atoms with Crippen LogP contribution < -0.4 is 5.32 Å². The highest BCUT2D eigenvalue weighted by Crippen LogP contribution is 2.14. The fourth-order valence-electron chi connectivity index (χ4n) is 0.938. The van der Waals surface area contributed by atoms with Gasteiger partial charge in [-0.2, -0.15) is 8.42 Å². The molecular weight excluding hydrogens is 206 g/mol. The third-order valence-electron chi connectivity index (χ3n) is 1.45. The van der Waals surface area contributed by atoms with E-state index in [2.05, 4.69) is 5.32 Å². The SMILES string of the molecule is CC(=O)Nc1cccc(S(=O)(=O)O)c1. The molecule has 0 aromatic heterocycles. The van der Waals surface area contributed by atoms with Crippen molar-refractivity contribution in [3.63, 3.8) is 0 Å². The van der Waals surface area contributed by atoms with Crippen molar-refractivity contribution in [3.8, 4) is 0 Å². The van der Waals surface area contributed by atoms with Crippen LogP contribution in [-0.2, 0) is 14.9 Å². The minimum absolute atomic E-state index is 0.247. The second-order valence-electron chi connectivity index (χ2n) is 2.68. The van der Waals surface area contributed by atoms with Crippen molar-refractivity contribution in [2.24, 2.45) is 0 Å². The van der Waals surface area contributed by atoms with Crippen LogP contribution in [0.2, 0.25) is 0 Å². The molecule has 5 nitrogen and oxygen atoms in total. The van der Waals surface area contributed by atoms with E-state index in [1.54, 1.807) is 0 Å². The van der Waals surface area contributed by atoms with E-state index in [0.717, 1.165) is 0 Å². The lowest BCUT2D eigenvalue weighted by atomic mass is 10.3. The number of amides is 1. The zero-order valence-electron chi connectivity index (χ0n) is 7.39. The van der Waals surface area contributed by atoms with Gasteiger partial charge >= 0.3 is 0 Å². The van der Waals surface area contributed by atoms with Gasteiger partial charge in [0.1, 0.15) is 0 Å². The molecule has 76 valence electrons. The first-order chi connectivity index (χ1) is 6.39. The van der Waals surface area contributed by atoms with Gasteiger partial charge in [0.2, 0.25) is 5.91 Å². The van der Waals surface area contributed by atoms with E-state index < -0.39 is 10.1 Å². The Kier molecular flexibility index (Phi) is 2.87. The van der Waals surface area contributed by atoms with Crippen molar-refractivity contribution >= 4 is 21.7 Å². The molecule has 0 atom stereocenters. The average Bonchev–Trinajstić information content (AvgIpc) is 2.01. The third kappa shape index (κ3) is 2.82. The first-order valence-corrected chi connectivity index (χ1v) is 5.19. The number of benzene rings is 1. The summed E-state index contributed by atoms with van der Waals surface area (Å²) in [7, 11) is -4.21. The van der Waals surface area contributed by atoms with E-state index in [1.165, 1.54) is 31.2 Å². The number of hydrogen-bond donors (Lipinski definition) is 2. The first kappa shape index (κ1) is 10.7. The largest absolute Gasteiger partial charge is 0.326 e. The van der Waals surface area contributed by atoms with Gasteiger partial charge in [0.05, 0.1) is 4.90 Å². The topological polar surface area (TPSA) is 83.5 Å². The molecule has 0 saturated carbocycles. The second-order valence-corrected chi connectivity index (χ2v) is 4.11. The number of carbonyl (C=O) groups is 1. The molecule has 1 aromatic carbocycles. The highest BCUT2D eigenvalue weighted by Gasteiger charge is 2.09. The highest BCUT2D eigenvalue weighted by atomic mass is 32.2. The maximum absolute atomic E-state index is 10.7. The lowest BCUT2D eigenvalue weighted by Crippen LogP contribution is -2.06. The second kappa shape index (κ2) is 3.77. The predicted octanol–water partition coefficient (Wildman–Crippen LogP) is 0.892. The standard InChI is InChI=1S/C8H9NO4S/c1-6(10)9-7-3-2-4-8(5-7)14(11,12)13/h2-5H,1H3,(H,9,10)(H,11,12,13). The Morgan fingerprint density at radius 3 is 2.57 bits per heavy atom. The van der Waals surface area contributed by atoms with Gasteiger partial charge in [-0.05, 0) is 18.2 Å². The van der Waals surface area contributed by atoms with Crippen molar-refractivity contribution in [2.45, 2.75) is 11.8 Å². The Morgan fingerprint density at radius 2 is 2.07 bits per heavy atom. The van der Waals surface area contributed by atoms with Crippen molar-refractivity contribution in [1.29, 1.82) is 0 Å². The van der Waals surface area contributed by atoms with E-state index >= 15 is 0 Å². The van der Waals surface area contributed by atoms with Crippen LogP contribution >= 0.6 is 0 Å². The molecule has 0 bridgehead atoms. The van der Waals surface area contributed by atoms with Crippen LogP contribution in [0.15, 0.2) is 29.2 Å². The molecule has 0 unspecified atom stereocenters. The molecular formula is C8H9NO4S. The fourth-order valence-corrected chi connectivity index (χ4v) is 1.46. The Labute approximate surface area is 81.5 Å². The predicted molar refractivity (Wildman–Crippen MR) is 50.6 cm³/mol. The van der Waals surface area contributed by atoms with Crippen LogP contribution in [0.4, 0.5) is 5.69 Å². The van der Waals surface area contributed by atoms with Crippen LogP contribution in [-0.4, -0.2) is 18.9 Å². The van der Waals surface area contributed by atoms with E-state index in [0.29, 0.717) is 5.69 Å². The van der Waals surface area contributed by atoms with Gasteiger partial charge in [-0.25, -0.2) is 0 Å². The number of hydrogen-bond acceptors (Lipinski definition) is 3. The van der Waals surface area contributed by atoms with Gasteiger partial charge in [0, 0.05) is 12.6 Å². The Balaban J connectivity index is 3.08. The molecule has 0 aliphatic heterocycles. The number of carbonyl (C=O) groups excluding carboxylic acids is 1. The lowest BCUT2D eigenvalue weighted by Gasteiger charge is -2.02.